The predicted octanol–water partition coefficient (Wildman–Crippen LogP) is 7.49. The lowest BCUT2D eigenvalue weighted by Crippen LogP contribution is -2.39. The van der Waals surface area contributed by atoms with Gasteiger partial charge in [-0.25, -0.2) is 0 Å². The van der Waals surface area contributed by atoms with Crippen LogP contribution in [0.15, 0.2) is 59.9 Å². The van der Waals surface area contributed by atoms with Crippen molar-refractivity contribution >= 4 is 31.2 Å². The second kappa shape index (κ2) is 18.7. The first kappa shape index (κ1) is 34.5. The van der Waals surface area contributed by atoms with E-state index in [1.165, 1.54) is 72.7 Å². The van der Waals surface area contributed by atoms with Crippen molar-refractivity contribution in [2.45, 2.75) is 97.8 Å². The first-order chi connectivity index (χ1) is 20.6. The highest BCUT2D eigenvalue weighted by Gasteiger charge is 2.25. The van der Waals surface area contributed by atoms with Crippen molar-refractivity contribution in [2.75, 3.05) is 11.9 Å². The van der Waals surface area contributed by atoms with Crippen LogP contribution < -0.4 is 16.0 Å². The molecular weight excluding hydrogens is 522 g/mol. The molecule has 2 aromatic carbocycles. The molecule has 2 aliphatic heterocycles. The molecule has 2 aliphatic rings. The van der Waals surface area contributed by atoms with Gasteiger partial charge in [-0.1, -0.05) is 70.7 Å². The van der Waals surface area contributed by atoms with Crippen LogP contribution >= 0.6 is 0 Å². The summed E-state index contributed by atoms with van der Waals surface area (Å²) in [4.78, 5) is 18.7. The molecule has 2 aromatic rings. The fourth-order valence-corrected chi connectivity index (χ4v) is 5.92. The standard InChI is InChI=1S/C33H47N5.2CH2O/c1-5-8-9-14-28(12-7-3)38-19-18-29-26(23-38)13-10-15-31(29)36-27-17-16-24(4)30(20-27)33-35-22-32(37-33)25(21-34)11-6-2;2*1-2/h10-11,13,15-17,20-22,28,33-37H,5-9,12,14,18-19,23H2,1-4H3;2*1H2/b25-11+,34-21?;;. The van der Waals surface area contributed by atoms with Crippen molar-refractivity contribution in [3.8, 4) is 0 Å². The molecule has 2 unspecified atom stereocenters. The van der Waals surface area contributed by atoms with E-state index in [4.69, 9.17) is 15.0 Å². The van der Waals surface area contributed by atoms with E-state index in [1.54, 1.807) is 0 Å². The minimum Gasteiger partial charge on any atom is -0.366 e. The fraction of sp³-hybridized carbons (Fsp3) is 0.457. The molecule has 0 bridgehead atoms. The van der Waals surface area contributed by atoms with E-state index in [1.807, 2.05) is 19.8 Å². The summed E-state index contributed by atoms with van der Waals surface area (Å²) in [7, 11) is 0. The lowest BCUT2D eigenvalue weighted by atomic mass is 9.94. The number of benzene rings is 2. The smallest absolute Gasteiger partial charge is 0.123 e. The Bertz CT molecular complexity index is 1190. The number of anilines is 2. The van der Waals surface area contributed by atoms with E-state index in [0.29, 0.717) is 6.04 Å². The zero-order valence-electron chi connectivity index (χ0n) is 26.1. The van der Waals surface area contributed by atoms with Crippen LogP contribution in [0.4, 0.5) is 11.4 Å². The van der Waals surface area contributed by atoms with Gasteiger partial charge in [-0.2, -0.15) is 0 Å². The summed E-state index contributed by atoms with van der Waals surface area (Å²) < 4.78 is 0. The Balaban J connectivity index is 0.00000148. The summed E-state index contributed by atoms with van der Waals surface area (Å²) in [6.07, 6.45) is 15.4. The summed E-state index contributed by atoms with van der Waals surface area (Å²) >= 11 is 0. The molecule has 7 heteroatoms. The second-order valence-corrected chi connectivity index (χ2v) is 10.8. The third kappa shape index (κ3) is 9.15. The van der Waals surface area contributed by atoms with Gasteiger partial charge in [-0.05, 0) is 73.1 Å². The van der Waals surface area contributed by atoms with Gasteiger partial charge in [-0.15, -0.1) is 0 Å². The summed E-state index contributed by atoms with van der Waals surface area (Å²) in [5, 5.41) is 18.6. The van der Waals surface area contributed by atoms with Crippen LogP contribution in [0.25, 0.3) is 0 Å². The molecule has 7 nitrogen and oxygen atoms in total. The van der Waals surface area contributed by atoms with Gasteiger partial charge in [0.05, 0.1) is 5.70 Å². The van der Waals surface area contributed by atoms with Crippen molar-refractivity contribution in [3.05, 3.63) is 82.2 Å². The Morgan fingerprint density at radius 1 is 1.10 bits per heavy atom. The zero-order chi connectivity index (χ0) is 30.9. The minimum atomic E-state index is -0.00610. The number of allylic oxidation sites excluding steroid dienone is 2. The molecular formula is C35H51N5O2. The van der Waals surface area contributed by atoms with E-state index >= 15 is 0 Å². The Hall–Kier alpha value is -3.71. The van der Waals surface area contributed by atoms with Gasteiger partial charge in [0.1, 0.15) is 19.7 Å². The van der Waals surface area contributed by atoms with Gasteiger partial charge in [0.2, 0.25) is 0 Å². The Labute approximate surface area is 253 Å². The maximum absolute atomic E-state index is 8.00. The van der Waals surface area contributed by atoms with Crippen LogP contribution in [0, 0.1) is 12.3 Å². The number of nitrogens with one attached hydrogen (secondary N) is 4. The molecule has 0 saturated heterocycles. The Kier molecular flexibility index (Phi) is 15.3. The van der Waals surface area contributed by atoms with Gasteiger partial charge in [-0.3, -0.25) is 4.90 Å². The van der Waals surface area contributed by atoms with E-state index in [9.17, 15) is 0 Å². The summed E-state index contributed by atoms with van der Waals surface area (Å²) in [6.45, 7) is 15.1. The molecule has 0 aromatic heterocycles. The molecule has 0 amide bonds. The highest BCUT2D eigenvalue weighted by atomic mass is 16.1. The van der Waals surface area contributed by atoms with E-state index in [2.05, 4.69) is 91.0 Å². The van der Waals surface area contributed by atoms with Crippen LogP contribution in [-0.4, -0.2) is 37.3 Å². The molecule has 4 rings (SSSR count). The molecule has 0 saturated carbocycles. The number of hydrogen-bond acceptors (Lipinski definition) is 7. The monoisotopic (exact) mass is 573 g/mol. The molecule has 42 heavy (non-hydrogen) atoms. The molecule has 4 N–H and O–H groups in total. The Morgan fingerprint density at radius 3 is 2.57 bits per heavy atom. The number of nitrogens with zero attached hydrogens (tertiary/aromatic N) is 1. The van der Waals surface area contributed by atoms with E-state index in [-0.39, 0.29) is 6.17 Å². The highest BCUT2D eigenvalue weighted by molar-refractivity contribution is 5.82. The summed E-state index contributed by atoms with van der Waals surface area (Å²) in [5.41, 5.74) is 9.63. The van der Waals surface area contributed by atoms with Crippen molar-refractivity contribution < 1.29 is 9.59 Å². The molecule has 2 atom stereocenters. The van der Waals surface area contributed by atoms with E-state index in [0.717, 1.165) is 42.9 Å². The average Bonchev–Trinajstić information content (AvgIpc) is 3.52. The molecule has 0 radical (unpaired) electrons. The lowest BCUT2D eigenvalue weighted by molar-refractivity contribution is -0.0987. The van der Waals surface area contributed by atoms with Crippen LogP contribution in [0.2, 0.25) is 0 Å². The first-order valence-electron chi connectivity index (χ1n) is 15.3. The maximum Gasteiger partial charge on any atom is 0.123 e. The van der Waals surface area contributed by atoms with Crippen molar-refractivity contribution in [3.63, 3.8) is 0 Å². The van der Waals surface area contributed by atoms with Gasteiger partial charge < -0.3 is 30.9 Å². The number of rotatable bonds is 13. The maximum atomic E-state index is 8.00. The highest BCUT2D eigenvalue weighted by Crippen LogP contribution is 2.32. The van der Waals surface area contributed by atoms with Crippen molar-refractivity contribution in [1.82, 2.24) is 15.5 Å². The predicted molar refractivity (Wildman–Crippen MR) is 176 cm³/mol. The molecule has 0 fully saturated rings. The molecule has 2 heterocycles. The number of carbonyl (C=O) groups excluding carboxylic acids is 2. The van der Waals surface area contributed by atoms with Crippen LogP contribution in [-0.2, 0) is 22.6 Å². The Morgan fingerprint density at radius 2 is 1.88 bits per heavy atom. The topological polar surface area (TPSA) is 97.3 Å². The number of hydrogen-bond donors (Lipinski definition) is 4. The van der Waals surface area contributed by atoms with E-state index < -0.39 is 0 Å². The number of carbonyl (C=O) groups is 2. The third-order valence-electron chi connectivity index (χ3n) is 8.03. The molecule has 228 valence electrons. The zero-order valence-corrected chi connectivity index (χ0v) is 26.1. The summed E-state index contributed by atoms with van der Waals surface area (Å²) in [5.74, 6) is 0. The minimum absolute atomic E-state index is 0.00610. The first-order valence-corrected chi connectivity index (χ1v) is 15.3. The van der Waals surface area contributed by atoms with Crippen LogP contribution in [0.1, 0.15) is 94.1 Å². The SMILES string of the molecule is C=O.C=O.CC/C=C(\C=N)C1=CNC(c2cc(Nc3cccc4c3CCN(C(CCC)CCCCC)C4)ccc2C)N1. The third-order valence-corrected chi connectivity index (χ3v) is 8.03. The van der Waals surface area contributed by atoms with Crippen molar-refractivity contribution in [2.24, 2.45) is 0 Å². The van der Waals surface area contributed by atoms with Crippen molar-refractivity contribution in [1.29, 1.82) is 5.41 Å². The largest absolute Gasteiger partial charge is 0.366 e. The van der Waals surface area contributed by atoms with Crippen LogP contribution in [0.5, 0.6) is 0 Å². The summed E-state index contributed by atoms with van der Waals surface area (Å²) in [6, 6.07) is 14.1. The fourth-order valence-electron chi connectivity index (χ4n) is 5.92. The van der Waals surface area contributed by atoms with Gasteiger partial charge >= 0.3 is 0 Å². The second-order valence-electron chi connectivity index (χ2n) is 10.8. The quantitative estimate of drug-likeness (QED) is 0.146. The van der Waals surface area contributed by atoms with Crippen LogP contribution in [0.3, 0.4) is 0 Å². The number of unbranched alkanes of at least 4 members (excludes halogenated alkanes) is 2. The van der Waals surface area contributed by atoms with Gasteiger partial charge in [0, 0.05) is 48.5 Å². The van der Waals surface area contributed by atoms with Gasteiger partial charge in [0.25, 0.3) is 0 Å². The normalized spacial score (nSPS) is 16.7. The molecule has 0 spiro atoms. The van der Waals surface area contributed by atoms with Gasteiger partial charge in [0.15, 0.2) is 0 Å². The number of fused-ring (bicyclic) bond motifs is 1. The lowest BCUT2D eigenvalue weighted by Gasteiger charge is -2.36. The molecule has 0 aliphatic carbocycles. The average molecular weight is 574 g/mol. The number of aryl methyl sites for hydroxylation is 1.